The minimum absolute atomic E-state index is 0.356. The molecular weight excluding hydrogens is 204 g/mol. The zero-order valence-corrected chi connectivity index (χ0v) is 9.93. The SMILES string of the molecule is C[N+](C)(C)CCOc1nc2ccccc2o1. The number of nitrogens with zero attached hydrogens (tertiary/aromatic N) is 2. The van der Waals surface area contributed by atoms with Crippen molar-refractivity contribution in [2.24, 2.45) is 0 Å². The van der Waals surface area contributed by atoms with E-state index >= 15 is 0 Å². The Kier molecular flexibility index (Phi) is 2.83. The molecule has 0 aliphatic heterocycles. The molecule has 2 rings (SSSR count). The van der Waals surface area contributed by atoms with Crippen molar-refractivity contribution in [2.75, 3.05) is 34.3 Å². The molecule has 0 N–H and O–H groups in total. The number of oxazole rings is 1. The Morgan fingerprint density at radius 1 is 1.25 bits per heavy atom. The fourth-order valence-corrected chi connectivity index (χ4v) is 1.32. The first-order chi connectivity index (χ1) is 7.54. The minimum Gasteiger partial charge on any atom is -0.444 e. The summed E-state index contributed by atoms with van der Waals surface area (Å²) in [6.07, 6.45) is 0.356. The average Bonchev–Trinajstić information content (AvgIpc) is 2.57. The first kappa shape index (κ1) is 11.0. The second-order valence-corrected chi connectivity index (χ2v) is 4.81. The van der Waals surface area contributed by atoms with Crippen molar-refractivity contribution in [1.29, 1.82) is 0 Å². The molecule has 0 radical (unpaired) electrons. The maximum absolute atomic E-state index is 5.47. The summed E-state index contributed by atoms with van der Waals surface area (Å²) in [5.74, 6) is 0. The van der Waals surface area contributed by atoms with Gasteiger partial charge in [0.1, 0.15) is 18.7 Å². The van der Waals surface area contributed by atoms with Crippen molar-refractivity contribution >= 4 is 11.1 Å². The smallest absolute Gasteiger partial charge is 0.394 e. The summed E-state index contributed by atoms with van der Waals surface area (Å²) in [6.45, 7) is 1.52. The molecule has 86 valence electrons. The average molecular weight is 221 g/mol. The van der Waals surface area contributed by atoms with Crippen LogP contribution in [0.15, 0.2) is 28.7 Å². The van der Waals surface area contributed by atoms with Crippen LogP contribution in [0.3, 0.4) is 0 Å². The number of aromatic nitrogens is 1. The van der Waals surface area contributed by atoms with Gasteiger partial charge in [0.15, 0.2) is 5.58 Å². The summed E-state index contributed by atoms with van der Waals surface area (Å²) >= 11 is 0. The molecule has 4 heteroatoms. The minimum atomic E-state index is 0.356. The monoisotopic (exact) mass is 221 g/mol. The Balaban J connectivity index is 2.00. The molecule has 0 saturated heterocycles. The standard InChI is InChI=1S/C12H17N2O2/c1-14(2,3)8-9-15-12-13-10-6-4-5-7-11(10)16-12/h4-7H,8-9H2,1-3H3/q+1. The van der Waals surface area contributed by atoms with E-state index in [9.17, 15) is 0 Å². The predicted molar refractivity (Wildman–Crippen MR) is 62.4 cm³/mol. The van der Waals surface area contributed by atoms with Gasteiger partial charge in [0.2, 0.25) is 0 Å². The van der Waals surface area contributed by atoms with Gasteiger partial charge in [-0.05, 0) is 12.1 Å². The Morgan fingerprint density at radius 3 is 2.69 bits per heavy atom. The van der Waals surface area contributed by atoms with Crippen LogP contribution in [0.2, 0.25) is 0 Å². The quantitative estimate of drug-likeness (QED) is 0.740. The van der Waals surface area contributed by atoms with Crippen LogP contribution in [-0.4, -0.2) is 43.8 Å². The van der Waals surface area contributed by atoms with Crippen LogP contribution in [0.25, 0.3) is 11.1 Å². The van der Waals surface area contributed by atoms with Gasteiger partial charge in [-0.1, -0.05) is 12.1 Å². The van der Waals surface area contributed by atoms with E-state index in [-0.39, 0.29) is 0 Å². The van der Waals surface area contributed by atoms with Gasteiger partial charge in [0.25, 0.3) is 0 Å². The zero-order chi connectivity index (χ0) is 11.6. The fourth-order valence-electron chi connectivity index (χ4n) is 1.32. The third-order valence-corrected chi connectivity index (χ3v) is 2.26. The van der Waals surface area contributed by atoms with Crippen LogP contribution in [0.4, 0.5) is 0 Å². The fraction of sp³-hybridized carbons (Fsp3) is 0.417. The topological polar surface area (TPSA) is 35.3 Å². The number of quaternary nitrogens is 1. The van der Waals surface area contributed by atoms with Gasteiger partial charge in [-0.3, -0.25) is 0 Å². The summed E-state index contributed by atoms with van der Waals surface area (Å²) in [5, 5.41) is 0. The van der Waals surface area contributed by atoms with Gasteiger partial charge in [0.05, 0.1) is 21.1 Å². The molecule has 0 aliphatic carbocycles. The lowest BCUT2D eigenvalue weighted by Crippen LogP contribution is -2.38. The number of likely N-dealkylation sites (N-methyl/N-ethyl adjacent to an activating group) is 1. The van der Waals surface area contributed by atoms with Crippen LogP contribution in [0.5, 0.6) is 6.08 Å². The highest BCUT2D eigenvalue weighted by atomic mass is 16.6. The Morgan fingerprint density at radius 2 is 2.00 bits per heavy atom. The number of hydrogen-bond donors (Lipinski definition) is 0. The summed E-state index contributed by atoms with van der Waals surface area (Å²) < 4.78 is 11.8. The van der Waals surface area contributed by atoms with Gasteiger partial charge < -0.3 is 13.6 Å². The lowest BCUT2D eigenvalue weighted by atomic mass is 10.3. The molecule has 0 saturated carbocycles. The molecular formula is C12H17N2O2+. The van der Waals surface area contributed by atoms with Crippen molar-refractivity contribution in [1.82, 2.24) is 4.98 Å². The van der Waals surface area contributed by atoms with Gasteiger partial charge in [-0.15, -0.1) is 0 Å². The van der Waals surface area contributed by atoms with Crippen molar-refractivity contribution in [3.8, 4) is 6.08 Å². The van der Waals surface area contributed by atoms with E-state index in [0.717, 1.165) is 22.1 Å². The number of ether oxygens (including phenoxy) is 1. The largest absolute Gasteiger partial charge is 0.444 e. The first-order valence-electron chi connectivity index (χ1n) is 5.33. The van der Waals surface area contributed by atoms with E-state index in [4.69, 9.17) is 9.15 Å². The van der Waals surface area contributed by atoms with E-state index in [2.05, 4.69) is 26.1 Å². The molecule has 0 fully saturated rings. The molecule has 16 heavy (non-hydrogen) atoms. The van der Waals surface area contributed by atoms with Gasteiger partial charge >= 0.3 is 6.08 Å². The maximum Gasteiger partial charge on any atom is 0.394 e. The van der Waals surface area contributed by atoms with Crippen molar-refractivity contribution in [3.05, 3.63) is 24.3 Å². The Labute approximate surface area is 95.0 Å². The molecule has 0 amide bonds. The summed E-state index contributed by atoms with van der Waals surface area (Å²) in [4.78, 5) is 4.24. The molecule has 0 atom stereocenters. The molecule has 4 nitrogen and oxygen atoms in total. The Bertz CT molecular complexity index is 438. The Hall–Kier alpha value is -1.55. The molecule has 0 bridgehead atoms. The van der Waals surface area contributed by atoms with Gasteiger partial charge in [0, 0.05) is 0 Å². The predicted octanol–water partition coefficient (Wildman–Crippen LogP) is 1.91. The molecule has 0 unspecified atom stereocenters. The number of para-hydroxylation sites is 2. The van der Waals surface area contributed by atoms with Crippen LogP contribution < -0.4 is 4.74 Å². The van der Waals surface area contributed by atoms with E-state index in [1.165, 1.54) is 0 Å². The van der Waals surface area contributed by atoms with Gasteiger partial charge in [-0.2, -0.15) is 4.98 Å². The third-order valence-electron chi connectivity index (χ3n) is 2.26. The van der Waals surface area contributed by atoms with Crippen LogP contribution in [0.1, 0.15) is 0 Å². The maximum atomic E-state index is 5.47. The summed E-state index contributed by atoms with van der Waals surface area (Å²) in [7, 11) is 6.36. The molecule has 0 spiro atoms. The zero-order valence-electron chi connectivity index (χ0n) is 9.93. The second-order valence-electron chi connectivity index (χ2n) is 4.81. The van der Waals surface area contributed by atoms with E-state index < -0.39 is 0 Å². The third kappa shape index (κ3) is 2.73. The van der Waals surface area contributed by atoms with E-state index in [1.807, 2.05) is 24.3 Å². The molecule has 1 aromatic heterocycles. The number of hydrogen-bond acceptors (Lipinski definition) is 3. The molecule has 0 aliphatic rings. The summed E-state index contributed by atoms with van der Waals surface area (Å²) in [5.41, 5.74) is 1.60. The number of rotatable bonds is 4. The van der Waals surface area contributed by atoms with Crippen LogP contribution >= 0.6 is 0 Å². The van der Waals surface area contributed by atoms with Gasteiger partial charge in [-0.25, -0.2) is 0 Å². The number of benzene rings is 1. The van der Waals surface area contributed by atoms with E-state index in [1.54, 1.807) is 0 Å². The highest BCUT2D eigenvalue weighted by molar-refractivity contribution is 5.72. The highest BCUT2D eigenvalue weighted by Gasteiger charge is 2.09. The lowest BCUT2D eigenvalue weighted by Gasteiger charge is -2.22. The van der Waals surface area contributed by atoms with Crippen LogP contribution in [-0.2, 0) is 0 Å². The first-order valence-corrected chi connectivity index (χ1v) is 5.33. The normalized spacial score (nSPS) is 11.9. The van der Waals surface area contributed by atoms with Crippen molar-refractivity contribution in [3.63, 3.8) is 0 Å². The molecule has 2 aromatic rings. The van der Waals surface area contributed by atoms with E-state index in [0.29, 0.717) is 12.7 Å². The molecule has 1 heterocycles. The van der Waals surface area contributed by atoms with Crippen molar-refractivity contribution in [2.45, 2.75) is 0 Å². The summed E-state index contributed by atoms with van der Waals surface area (Å²) in [6, 6.07) is 7.64. The second kappa shape index (κ2) is 4.14. The highest BCUT2D eigenvalue weighted by Crippen LogP contribution is 2.19. The van der Waals surface area contributed by atoms with Crippen molar-refractivity contribution < 1.29 is 13.6 Å². The lowest BCUT2D eigenvalue weighted by molar-refractivity contribution is -0.870. The van der Waals surface area contributed by atoms with Crippen LogP contribution in [0, 0.1) is 0 Å². The molecule has 1 aromatic carbocycles. The number of fused-ring (bicyclic) bond motifs is 1.